The Kier molecular flexibility index (Phi) is 5.66. The van der Waals surface area contributed by atoms with Gasteiger partial charge < -0.3 is 9.80 Å². The zero-order valence-corrected chi connectivity index (χ0v) is 15.3. The molecule has 0 N–H and O–H groups in total. The summed E-state index contributed by atoms with van der Waals surface area (Å²) in [6.45, 7) is 5.44. The van der Waals surface area contributed by atoms with Gasteiger partial charge in [-0.15, -0.1) is 0 Å². The minimum atomic E-state index is -0.591. The Morgan fingerprint density at radius 2 is 1.77 bits per heavy atom. The Labute approximate surface area is 154 Å². The molecular weight excluding hydrogens is 326 g/mol. The van der Waals surface area contributed by atoms with Crippen LogP contribution in [-0.4, -0.2) is 39.7 Å². The molecule has 1 unspecified atom stereocenters. The average Bonchev–Trinajstić information content (AvgIpc) is 2.65. The fraction of sp³-hybridized carbons (Fsp3) is 0.381. The first-order valence-electron chi connectivity index (χ1n) is 9.08. The minimum absolute atomic E-state index is 0.00705. The number of rotatable bonds is 6. The molecule has 0 bridgehead atoms. The predicted molar refractivity (Wildman–Crippen MR) is 100 cm³/mol. The average molecular weight is 351 g/mol. The molecule has 2 amide bonds. The first kappa shape index (κ1) is 18.1. The van der Waals surface area contributed by atoms with Gasteiger partial charge in [0.25, 0.3) is 5.91 Å². The van der Waals surface area contributed by atoms with Crippen LogP contribution in [0.15, 0.2) is 54.9 Å². The van der Waals surface area contributed by atoms with E-state index in [0.717, 1.165) is 17.5 Å². The number of pyridine rings is 1. The van der Waals surface area contributed by atoms with Gasteiger partial charge in [0, 0.05) is 25.5 Å². The maximum Gasteiger partial charge on any atom is 0.250 e. The molecule has 1 atom stereocenters. The maximum atomic E-state index is 13.2. The minimum Gasteiger partial charge on any atom is -0.331 e. The highest BCUT2D eigenvalue weighted by Gasteiger charge is 2.40. The van der Waals surface area contributed by atoms with E-state index in [1.165, 1.54) is 0 Å². The summed E-state index contributed by atoms with van der Waals surface area (Å²) in [7, 11) is 0. The number of benzene rings is 1. The fourth-order valence-corrected chi connectivity index (χ4v) is 3.21. The zero-order chi connectivity index (χ0) is 18.5. The number of piperazine rings is 1. The highest BCUT2D eigenvalue weighted by Crippen LogP contribution is 2.29. The number of hydrogen-bond acceptors (Lipinski definition) is 3. The van der Waals surface area contributed by atoms with Gasteiger partial charge in [0.15, 0.2) is 0 Å². The van der Waals surface area contributed by atoms with Gasteiger partial charge in [-0.3, -0.25) is 14.6 Å². The van der Waals surface area contributed by atoms with E-state index in [-0.39, 0.29) is 18.4 Å². The third kappa shape index (κ3) is 4.10. The number of nitrogens with zero attached hydrogens (tertiary/aromatic N) is 3. The van der Waals surface area contributed by atoms with Gasteiger partial charge in [-0.05, 0) is 35.6 Å². The van der Waals surface area contributed by atoms with Crippen LogP contribution in [0, 0.1) is 5.92 Å². The largest absolute Gasteiger partial charge is 0.331 e. The molecule has 5 heteroatoms. The zero-order valence-electron chi connectivity index (χ0n) is 15.3. The van der Waals surface area contributed by atoms with Crippen LogP contribution in [0.1, 0.15) is 37.4 Å². The first-order chi connectivity index (χ1) is 12.6. The molecule has 1 aliphatic rings. The van der Waals surface area contributed by atoms with Crippen molar-refractivity contribution < 1.29 is 9.59 Å². The van der Waals surface area contributed by atoms with Crippen molar-refractivity contribution in [3.8, 4) is 0 Å². The second-order valence-corrected chi connectivity index (χ2v) is 7.13. The van der Waals surface area contributed by atoms with Gasteiger partial charge in [-0.1, -0.05) is 44.2 Å². The number of carbonyl (C=O) groups is 2. The lowest BCUT2D eigenvalue weighted by atomic mass is 10.00. The van der Waals surface area contributed by atoms with Gasteiger partial charge in [0.2, 0.25) is 5.91 Å². The van der Waals surface area contributed by atoms with Crippen molar-refractivity contribution in [3.63, 3.8) is 0 Å². The van der Waals surface area contributed by atoms with Crippen molar-refractivity contribution >= 4 is 11.8 Å². The summed E-state index contributed by atoms with van der Waals surface area (Å²) in [5.74, 6) is 0.464. The van der Waals surface area contributed by atoms with Gasteiger partial charge in [-0.25, -0.2) is 0 Å². The number of aromatic nitrogens is 1. The molecule has 2 heterocycles. The smallest absolute Gasteiger partial charge is 0.250 e. The normalized spacial score (nSPS) is 17.9. The summed E-state index contributed by atoms with van der Waals surface area (Å²) in [4.78, 5) is 33.5. The molecule has 26 heavy (non-hydrogen) atoms. The summed E-state index contributed by atoms with van der Waals surface area (Å²) < 4.78 is 0. The van der Waals surface area contributed by atoms with Gasteiger partial charge in [0.1, 0.15) is 6.04 Å². The summed E-state index contributed by atoms with van der Waals surface area (Å²) >= 11 is 0. The molecule has 1 aromatic heterocycles. The molecule has 0 saturated carbocycles. The Bertz CT molecular complexity index is 746. The summed E-state index contributed by atoms with van der Waals surface area (Å²) in [5, 5.41) is 0. The second kappa shape index (κ2) is 8.13. The standard InChI is InChI=1S/C21H25N3O2/c1-16(2)10-13-23-15-19(25)24(14-17-6-4-3-5-7-17)20(21(23)26)18-8-11-22-12-9-18/h3-9,11-12,16,20H,10,13-15H2,1-2H3. The van der Waals surface area contributed by atoms with Crippen molar-refractivity contribution in [1.82, 2.24) is 14.8 Å². The van der Waals surface area contributed by atoms with Crippen molar-refractivity contribution in [1.29, 1.82) is 0 Å². The van der Waals surface area contributed by atoms with E-state index >= 15 is 0 Å². The fourth-order valence-electron chi connectivity index (χ4n) is 3.21. The van der Waals surface area contributed by atoms with Gasteiger partial charge >= 0.3 is 0 Å². The molecule has 1 aliphatic heterocycles. The van der Waals surface area contributed by atoms with Crippen LogP contribution in [0.3, 0.4) is 0 Å². The van der Waals surface area contributed by atoms with E-state index < -0.39 is 6.04 Å². The lowest BCUT2D eigenvalue weighted by molar-refractivity contribution is -0.157. The van der Waals surface area contributed by atoms with Gasteiger partial charge in [-0.2, -0.15) is 0 Å². The van der Waals surface area contributed by atoms with Crippen molar-refractivity contribution in [2.24, 2.45) is 5.92 Å². The van der Waals surface area contributed by atoms with E-state index in [1.807, 2.05) is 42.5 Å². The quantitative estimate of drug-likeness (QED) is 0.804. The molecule has 5 nitrogen and oxygen atoms in total. The monoisotopic (exact) mass is 351 g/mol. The predicted octanol–water partition coefficient (Wildman–Crippen LogP) is 3.04. The third-order valence-corrected chi connectivity index (χ3v) is 4.70. The van der Waals surface area contributed by atoms with Crippen LogP contribution in [-0.2, 0) is 16.1 Å². The molecule has 0 aliphatic carbocycles. The lowest BCUT2D eigenvalue weighted by Crippen LogP contribution is -2.55. The number of amides is 2. The summed E-state index contributed by atoms with van der Waals surface area (Å²) in [6, 6.07) is 12.8. The SMILES string of the molecule is CC(C)CCN1CC(=O)N(Cc2ccccc2)C(c2ccncc2)C1=O. The lowest BCUT2D eigenvalue weighted by Gasteiger charge is -2.40. The maximum absolute atomic E-state index is 13.2. The molecule has 136 valence electrons. The molecule has 1 aromatic carbocycles. The van der Waals surface area contributed by atoms with Crippen LogP contribution in [0.4, 0.5) is 0 Å². The number of hydrogen-bond donors (Lipinski definition) is 0. The molecule has 1 fully saturated rings. The van der Waals surface area contributed by atoms with Gasteiger partial charge in [0.05, 0.1) is 6.54 Å². The van der Waals surface area contributed by atoms with E-state index in [4.69, 9.17) is 0 Å². The molecule has 1 saturated heterocycles. The Balaban J connectivity index is 1.89. The van der Waals surface area contributed by atoms with Crippen LogP contribution in [0.2, 0.25) is 0 Å². The topological polar surface area (TPSA) is 53.5 Å². The molecule has 3 rings (SSSR count). The molecule has 0 radical (unpaired) electrons. The second-order valence-electron chi connectivity index (χ2n) is 7.13. The molecule has 2 aromatic rings. The third-order valence-electron chi connectivity index (χ3n) is 4.70. The molecular formula is C21H25N3O2. The van der Waals surface area contributed by atoms with Crippen molar-refractivity contribution in [3.05, 3.63) is 66.0 Å². The van der Waals surface area contributed by atoms with Crippen molar-refractivity contribution in [2.45, 2.75) is 32.9 Å². The molecule has 0 spiro atoms. The Morgan fingerprint density at radius 3 is 2.42 bits per heavy atom. The van der Waals surface area contributed by atoms with E-state index in [1.54, 1.807) is 22.2 Å². The van der Waals surface area contributed by atoms with Crippen LogP contribution < -0.4 is 0 Å². The van der Waals surface area contributed by atoms with Crippen LogP contribution in [0.25, 0.3) is 0 Å². The van der Waals surface area contributed by atoms with Crippen LogP contribution >= 0.6 is 0 Å². The number of carbonyl (C=O) groups excluding carboxylic acids is 2. The van der Waals surface area contributed by atoms with E-state index in [2.05, 4.69) is 18.8 Å². The van der Waals surface area contributed by atoms with E-state index in [9.17, 15) is 9.59 Å². The van der Waals surface area contributed by atoms with Crippen LogP contribution in [0.5, 0.6) is 0 Å². The Morgan fingerprint density at radius 1 is 1.08 bits per heavy atom. The van der Waals surface area contributed by atoms with E-state index in [0.29, 0.717) is 19.0 Å². The Hall–Kier alpha value is -2.69. The summed E-state index contributed by atoms with van der Waals surface area (Å²) in [5.41, 5.74) is 1.83. The highest BCUT2D eigenvalue weighted by atomic mass is 16.2. The first-order valence-corrected chi connectivity index (χ1v) is 9.08. The summed E-state index contributed by atoms with van der Waals surface area (Å²) in [6.07, 6.45) is 4.22. The highest BCUT2D eigenvalue weighted by molar-refractivity contribution is 5.95. The van der Waals surface area contributed by atoms with Crippen molar-refractivity contribution in [2.75, 3.05) is 13.1 Å².